The summed E-state index contributed by atoms with van der Waals surface area (Å²) in [5.41, 5.74) is 1.34. The zero-order valence-corrected chi connectivity index (χ0v) is 20.3. The molecule has 1 aliphatic rings. The Bertz CT molecular complexity index is 1420. The molecule has 3 aromatic heterocycles. The summed E-state index contributed by atoms with van der Waals surface area (Å²) in [6.45, 7) is 1.23. The van der Waals surface area contributed by atoms with E-state index in [2.05, 4.69) is 25.6 Å². The highest BCUT2D eigenvalue weighted by molar-refractivity contribution is 5.91. The molecule has 0 bridgehead atoms. The molecule has 4 heterocycles. The van der Waals surface area contributed by atoms with Gasteiger partial charge < -0.3 is 29.1 Å². The van der Waals surface area contributed by atoms with Gasteiger partial charge in [0.15, 0.2) is 23.1 Å². The second kappa shape index (κ2) is 11.5. The Morgan fingerprint density at radius 3 is 2.68 bits per heavy atom. The maximum atomic E-state index is 13.6. The molecule has 13 heteroatoms. The number of nitrogens with zero attached hydrogens (tertiary/aromatic N) is 4. The molecule has 2 N–H and O–H groups in total. The van der Waals surface area contributed by atoms with Gasteiger partial charge in [0.1, 0.15) is 31.1 Å². The summed E-state index contributed by atoms with van der Waals surface area (Å²) in [6, 6.07) is 6.14. The normalized spacial score (nSPS) is 12.8. The number of halogens is 3. The van der Waals surface area contributed by atoms with E-state index in [4.69, 9.17) is 13.9 Å². The largest absolute Gasteiger partial charge is 0.486 e. The summed E-state index contributed by atoms with van der Waals surface area (Å²) in [4.78, 5) is 24.9. The standard InChI is InChI=1S/C25H25F3N6O4/c26-15-2-1-5-30-17(15)12-31-25(35)18-14-38-24(33-18)4-7-29-6-3-23-32-16-10-20-21(37-9-8-36-20)11-19(16)34(23)13-22(27)28/h1-2,5,10-11,14,22,29H,3-4,6-9,12-13H2,(H,31,35). The molecule has 0 saturated heterocycles. The van der Waals surface area contributed by atoms with Crippen LogP contribution in [0.15, 0.2) is 41.1 Å². The van der Waals surface area contributed by atoms with Crippen LogP contribution in [0.5, 0.6) is 11.5 Å². The van der Waals surface area contributed by atoms with Crippen molar-refractivity contribution in [3.05, 3.63) is 65.6 Å². The molecule has 4 aromatic rings. The maximum Gasteiger partial charge on any atom is 0.273 e. The molecule has 0 unspecified atom stereocenters. The van der Waals surface area contributed by atoms with Crippen LogP contribution in [-0.4, -0.2) is 58.2 Å². The van der Waals surface area contributed by atoms with Crippen molar-refractivity contribution in [2.45, 2.75) is 32.4 Å². The van der Waals surface area contributed by atoms with Crippen molar-refractivity contribution >= 4 is 16.9 Å². The lowest BCUT2D eigenvalue weighted by molar-refractivity contribution is 0.0945. The molecule has 1 aliphatic heterocycles. The minimum Gasteiger partial charge on any atom is -0.486 e. The fraction of sp³-hybridized carbons (Fsp3) is 0.360. The number of nitrogens with one attached hydrogen (secondary N) is 2. The number of oxazole rings is 1. The summed E-state index contributed by atoms with van der Waals surface area (Å²) >= 11 is 0. The van der Waals surface area contributed by atoms with E-state index < -0.39 is 24.7 Å². The van der Waals surface area contributed by atoms with Crippen molar-refractivity contribution in [1.29, 1.82) is 0 Å². The lowest BCUT2D eigenvalue weighted by Crippen LogP contribution is -2.24. The number of hydrogen-bond acceptors (Lipinski definition) is 8. The van der Waals surface area contributed by atoms with Crippen molar-refractivity contribution < 1.29 is 31.9 Å². The first-order valence-electron chi connectivity index (χ1n) is 12.1. The van der Waals surface area contributed by atoms with Crippen molar-refractivity contribution in [2.24, 2.45) is 0 Å². The summed E-state index contributed by atoms with van der Waals surface area (Å²) in [7, 11) is 0. The number of pyridine rings is 1. The molecule has 1 aromatic carbocycles. The highest BCUT2D eigenvalue weighted by Crippen LogP contribution is 2.35. The van der Waals surface area contributed by atoms with Gasteiger partial charge in [0.2, 0.25) is 0 Å². The molecule has 0 radical (unpaired) electrons. The average molecular weight is 531 g/mol. The summed E-state index contributed by atoms with van der Waals surface area (Å²) in [5.74, 6) is 0.932. The summed E-state index contributed by atoms with van der Waals surface area (Å²) < 4.78 is 58.3. The summed E-state index contributed by atoms with van der Waals surface area (Å²) in [6.07, 6.45) is 0.955. The predicted molar refractivity (Wildman–Crippen MR) is 129 cm³/mol. The Balaban J connectivity index is 1.13. The number of alkyl halides is 2. The first-order valence-corrected chi connectivity index (χ1v) is 12.1. The Kier molecular flexibility index (Phi) is 7.73. The van der Waals surface area contributed by atoms with Crippen molar-refractivity contribution in [2.75, 3.05) is 26.3 Å². The van der Waals surface area contributed by atoms with Gasteiger partial charge >= 0.3 is 0 Å². The topological polar surface area (TPSA) is 116 Å². The van der Waals surface area contributed by atoms with Gasteiger partial charge in [0.25, 0.3) is 12.3 Å². The third kappa shape index (κ3) is 5.88. The minimum absolute atomic E-state index is 0.0751. The van der Waals surface area contributed by atoms with Crippen LogP contribution >= 0.6 is 0 Å². The number of ether oxygens (including phenoxy) is 2. The Morgan fingerprint density at radius 2 is 1.89 bits per heavy atom. The van der Waals surface area contributed by atoms with Crippen LogP contribution in [0.2, 0.25) is 0 Å². The number of rotatable bonds is 11. The van der Waals surface area contributed by atoms with Crippen LogP contribution < -0.4 is 20.1 Å². The van der Waals surface area contributed by atoms with E-state index in [1.807, 2.05) is 0 Å². The highest BCUT2D eigenvalue weighted by Gasteiger charge is 2.20. The maximum absolute atomic E-state index is 13.6. The molecule has 0 fully saturated rings. The van der Waals surface area contributed by atoms with Crippen LogP contribution in [0.4, 0.5) is 13.2 Å². The van der Waals surface area contributed by atoms with E-state index >= 15 is 0 Å². The Labute approximate surface area is 215 Å². The zero-order chi connectivity index (χ0) is 26.5. The second-order valence-electron chi connectivity index (χ2n) is 8.51. The molecule has 0 aliphatic carbocycles. The van der Waals surface area contributed by atoms with Gasteiger partial charge in [0, 0.05) is 44.3 Å². The van der Waals surface area contributed by atoms with E-state index in [1.165, 1.54) is 29.2 Å². The van der Waals surface area contributed by atoms with E-state index in [9.17, 15) is 18.0 Å². The first-order chi connectivity index (χ1) is 18.5. The third-order valence-electron chi connectivity index (χ3n) is 5.89. The first kappa shape index (κ1) is 25.5. The fourth-order valence-electron chi connectivity index (χ4n) is 4.10. The minimum atomic E-state index is -2.54. The van der Waals surface area contributed by atoms with Crippen LogP contribution in [0.25, 0.3) is 11.0 Å². The number of fused-ring (bicyclic) bond motifs is 2. The number of aromatic nitrogens is 4. The molecule has 200 valence electrons. The number of imidazole rings is 1. The monoisotopic (exact) mass is 530 g/mol. The predicted octanol–water partition coefficient (Wildman–Crippen LogP) is 2.90. The number of amides is 1. The van der Waals surface area contributed by atoms with Crippen molar-refractivity contribution in [1.82, 2.24) is 30.2 Å². The van der Waals surface area contributed by atoms with Crippen LogP contribution in [-0.2, 0) is 25.9 Å². The molecule has 38 heavy (non-hydrogen) atoms. The van der Waals surface area contributed by atoms with Crippen LogP contribution in [0.1, 0.15) is 27.9 Å². The van der Waals surface area contributed by atoms with E-state index in [0.717, 1.165) is 0 Å². The van der Waals surface area contributed by atoms with Crippen LogP contribution in [0.3, 0.4) is 0 Å². The number of carbonyl (C=O) groups is 1. The molecule has 10 nitrogen and oxygen atoms in total. The van der Waals surface area contributed by atoms with Crippen molar-refractivity contribution in [3.8, 4) is 11.5 Å². The zero-order valence-electron chi connectivity index (χ0n) is 20.3. The Morgan fingerprint density at radius 1 is 1.11 bits per heavy atom. The molecule has 0 spiro atoms. The fourth-order valence-corrected chi connectivity index (χ4v) is 4.10. The number of hydrogen-bond donors (Lipinski definition) is 2. The lowest BCUT2D eigenvalue weighted by Gasteiger charge is -2.18. The van der Waals surface area contributed by atoms with Gasteiger partial charge in [-0.2, -0.15) is 0 Å². The third-order valence-corrected chi connectivity index (χ3v) is 5.89. The molecule has 0 atom stereocenters. The highest BCUT2D eigenvalue weighted by atomic mass is 19.3. The number of benzene rings is 1. The van der Waals surface area contributed by atoms with Gasteiger partial charge in [-0.25, -0.2) is 23.1 Å². The Hall–Kier alpha value is -4.13. The molecule has 0 saturated carbocycles. The quantitative estimate of drug-likeness (QED) is 0.285. The van der Waals surface area contributed by atoms with Gasteiger partial charge in [0.05, 0.1) is 29.8 Å². The smallest absolute Gasteiger partial charge is 0.273 e. The summed E-state index contributed by atoms with van der Waals surface area (Å²) in [5, 5.41) is 5.77. The van der Waals surface area contributed by atoms with Crippen molar-refractivity contribution in [3.63, 3.8) is 0 Å². The molecular formula is C25H25F3N6O4. The van der Waals surface area contributed by atoms with Gasteiger partial charge in [-0.1, -0.05) is 0 Å². The SMILES string of the molecule is O=C(NCc1ncccc1F)c1coc(CCNCCc2nc3cc4c(cc3n2CC(F)F)OCCO4)n1. The van der Waals surface area contributed by atoms with Gasteiger partial charge in [-0.3, -0.25) is 9.78 Å². The average Bonchev–Trinajstić information content (AvgIpc) is 3.51. The van der Waals surface area contributed by atoms with Crippen LogP contribution in [0, 0.1) is 5.82 Å². The van der Waals surface area contributed by atoms with E-state index in [1.54, 1.807) is 12.1 Å². The van der Waals surface area contributed by atoms with E-state index in [-0.39, 0.29) is 17.9 Å². The molecule has 1 amide bonds. The van der Waals surface area contributed by atoms with E-state index in [0.29, 0.717) is 73.4 Å². The molecule has 5 rings (SSSR count). The second-order valence-corrected chi connectivity index (χ2v) is 8.51. The van der Waals surface area contributed by atoms with Gasteiger partial charge in [-0.05, 0) is 12.1 Å². The number of carbonyl (C=O) groups excluding carboxylic acids is 1. The van der Waals surface area contributed by atoms with Gasteiger partial charge in [-0.15, -0.1) is 0 Å². The lowest BCUT2D eigenvalue weighted by atomic mass is 10.2. The molecular weight excluding hydrogens is 505 g/mol.